The maximum Gasteiger partial charge on any atom is 0.0911 e. The van der Waals surface area contributed by atoms with Crippen molar-refractivity contribution in [2.24, 2.45) is 5.84 Å². The van der Waals surface area contributed by atoms with Gasteiger partial charge in [-0.2, -0.15) is 5.10 Å². The highest BCUT2D eigenvalue weighted by Gasteiger charge is 2.36. The van der Waals surface area contributed by atoms with Gasteiger partial charge in [0, 0.05) is 30.9 Å². The first-order valence-corrected chi connectivity index (χ1v) is 7.16. The van der Waals surface area contributed by atoms with Crippen molar-refractivity contribution in [1.82, 2.24) is 20.1 Å². The molecule has 3 heterocycles. The third kappa shape index (κ3) is 2.53. The van der Waals surface area contributed by atoms with Crippen LogP contribution in [0.1, 0.15) is 31.4 Å². The maximum atomic E-state index is 6.02. The zero-order valence-corrected chi connectivity index (χ0v) is 11.5. The standard InChI is InChI=1S/C13H23N5O/c1-2-18-7-10(6-15-18)13(16-14)12-8-17-5-3-4-11(17)9-19-12/h6-7,11-13,16H,2-5,8-9,14H2,1H3. The molecule has 0 amide bonds. The Labute approximate surface area is 113 Å². The number of nitrogens with zero attached hydrogens (tertiary/aromatic N) is 3. The summed E-state index contributed by atoms with van der Waals surface area (Å²) in [6, 6.07) is 0.634. The molecule has 2 aliphatic heterocycles. The van der Waals surface area contributed by atoms with Crippen LogP contribution >= 0.6 is 0 Å². The number of aryl methyl sites for hydroxylation is 1. The van der Waals surface area contributed by atoms with Gasteiger partial charge < -0.3 is 4.74 Å². The average Bonchev–Trinajstić information content (AvgIpc) is 3.07. The van der Waals surface area contributed by atoms with Gasteiger partial charge in [0.15, 0.2) is 0 Å². The molecule has 19 heavy (non-hydrogen) atoms. The Morgan fingerprint density at radius 2 is 2.53 bits per heavy atom. The summed E-state index contributed by atoms with van der Waals surface area (Å²) in [5, 5.41) is 4.32. The van der Waals surface area contributed by atoms with Crippen molar-refractivity contribution in [2.75, 3.05) is 19.7 Å². The summed E-state index contributed by atoms with van der Waals surface area (Å²) in [5.41, 5.74) is 4.00. The molecule has 6 nitrogen and oxygen atoms in total. The number of ether oxygens (including phenoxy) is 1. The van der Waals surface area contributed by atoms with Crippen LogP contribution in [-0.2, 0) is 11.3 Å². The quantitative estimate of drug-likeness (QED) is 0.604. The van der Waals surface area contributed by atoms with Crippen molar-refractivity contribution in [3.05, 3.63) is 18.0 Å². The number of morpholine rings is 1. The molecular formula is C13H23N5O. The van der Waals surface area contributed by atoms with Gasteiger partial charge >= 0.3 is 0 Å². The molecule has 0 bridgehead atoms. The van der Waals surface area contributed by atoms with Crippen LogP contribution in [-0.4, -0.2) is 46.5 Å². The fourth-order valence-corrected chi connectivity index (χ4v) is 3.18. The van der Waals surface area contributed by atoms with E-state index in [1.54, 1.807) is 0 Å². The molecule has 2 fully saturated rings. The van der Waals surface area contributed by atoms with Crippen molar-refractivity contribution in [2.45, 2.75) is 44.5 Å². The second-order valence-electron chi connectivity index (χ2n) is 5.44. The van der Waals surface area contributed by atoms with E-state index in [4.69, 9.17) is 10.6 Å². The van der Waals surface area contributed by atoms with Crippen LogP contribution in [0.4, 0.5) is 0 Å². The number of rotatable bonds is 4. The second-order valence-corrected chi connectivity index (χ2v) is 5.44. The topological polar surface area (TPSA) is 68.3 Å². The van der Waals surface area contributed by atoms with Crippen LogP contribution in [0.3, 0.4) is 0 Å². The summed E-state index contributed by atoms with van der Waals surface area (Å²) in [6.45, 7) is 5.92. The van der Waals surface area contributed by atoms with Crippen molar-refractivity contribution in [3.63, 3.8) is 0 Å². The average molecular weight is 265 g/mol. The number of hydrogen-bond donors (Lipinski definition) is 2. The molecular weight excluding hydrogens is 242 g/mol. The fourth-order valence-electron chi connectivity index (χ4n) is 3.18. The van der Waals surface area contributed by atoms with Crippen molar-refractivity contribution < 1.29 is 4.74 Å². The SMILES string of the molecule is CCn1cc(C(NN)C2CN3CCCC3CO2)cn1. The minimum absolute atomic E-state index is 0.0156. The van der Waals surface area contributed by atoms with Crippen LogP contribution in [0.15, 0.2) is 12.4 Å². The Balaban J connectivity index is 1.71. The Morgan fingerprint density at radius 3 is 3.26 bits per heavy atom. The lowest BCUT2D eigenvalue weighted by Crippen LogP contribution is -2.51. The summed E-state index contributed by atoms with van der Waals surface area (Å²) in [4.78, 5) is 2.53. The summed E-state index contributed by atoms with van der Waals surface area (Å²) >= 11 is 0. The van der Waals surface area contributed by atoms with E-state index in [1.165, 1.54) is 19.4 Å². The van der Waals surface area contributed by atoms with E-state index in [1.807, 2.05) is 17.1 Å². The predicted molar refractivity (Wildman–Crippen MR) is 72.3 cm³/mol. The Kier molecular flexibility index (Phi) is 3.83. The lowest BCUT2D eigenvalue weighted by molar-refractivity contribution is -0.0653. The van der Waals surface area contributed by atoms with Crippen LogP contribution in [0.5, 0.6) is 0 Å². The molecule has 0 aliphatic carbocycles. The lowest BCUT2D eigenvalue weighted by Gasteiger charge is -2.38. The zero-order valence-electron chi connectivity index (χ0n) is 11.5. The molecule has 1 aromatic rings. The molecule has 0 radical (unpaired) electrons. The zero-order chi connectivity index (χ0) is 13.2. The molecule has 3 N–H and O–H groups in total. The summed E-state index contributed by atoms with van der Waals surface area (Å²) in [6.07, 6.45) is 6.59. The first-order valence-electron chi connectivity index (χ1n) is 7.16. The molecule has 0 aromatic carbocycles. The fraction of sp³-hybridized carbons (Fsp3) is 0.769. The Hall–Kier alpha value is -0.950. The van der Waals surface area contributed by atoms with Gasteiger partial charge in [-0.05, 0) is 26.3 Å². The molecule has 0 saturated carbocycles. The number of hydrogen-bond acceptors (Lipinski definition) is 5. The van der Waals surface area contributed by atoms with E-state index in [0.717, 1.165) is 25.3 Å². The van der Waals surface area contributed by atoms with Crippen molar-refractivity contribution >= 4 is 0 Å². The largest absolute Gasteiger partial charge is 0.373 e. The van der Waals surface area contributed by atoms with E-state index in [9.17, 15) is 0 Å². The minimum Gasteiger partial charge on any atom is -0.373 e. The van der Waals surface area contributed by atoms with Gasteiger partial charge in [-0.25, -0.2) is 0 Å². The minimum atomic E-state index is 0.0156. The third-order valence-electron chi connectivity index (χ3n) is 4.30. The van der Waals surface area contributed by atoms with Gasteiger partial charge in [0.25, 0.3) is 0 Å². The molecule has 2 saturated heterocycles. The van der Waals surface area contributed by atoms with Crippen LogP contribution < -0.4 is 11.3 Å². The molecule has 106 valence electrons. The van der Waals surface area contributed by atoms with E-state index in [0.29, 0.717) is 6.04 Å². The first kappa shape index (κ1) is 13.1. The smallest absolute Gasteiger partial charge is 0.0911 e. The number of nitrogens with two attached hydrogens (primary N) is 1. The number of aromatic nitrogens is 2. The third-order valence-corrected chi connectivity index (χ3v) is 4.30. The van der Waals surface area contributed by atoms with Crippen molar-refractivity contribution in [1.29, 1.82) is 0 Å². The molecule has 3 atom stereocenters. The highest BCUT2D eigenvalue weighted by atomic mass is 16.5. The van der Waals surface area contributed by atoms with E-state index in [-0.39, 0.29) is 12.1 Å². The Bertz CT molecular complexity index is 421. The monoisotopic (exact) mass is 265 g/mol. The number of fused-ring (bicyclic) bond motifs is 1. The first-order chi connectivity index (χ1) is 9.31. The summed E-state index contributed by atoms with van der Waals surface area (Å²) in [7, 11) is 0. The normalized spacial score (nSPS) is 29.4. The Morgan fingerprint density at radius 1 is 1.63 bits per heavy atom. The lowest BCUT2D eigenvalue weighted by atomic mass is 10.0. The molecule has 3 rings (SSSR count). The molecule has 2 aliphatic rings. The summed E-state index contributed by atoms with van der Waals surface area (Å²) in [5.74, 6) is 5.74. The summed E-state index contributed by atoms with van der Waals surface area (Å²) < 4.78 is 7.94. The predicted octanol–water partition coefficient (Wildman–Crippen LogP) is 0.271. The molecule has 1 aromatic heterocycles. The second kappa shape index (κ2) is 5.58. The van der Waals surface area contributed by atoms with Crippen LogP contribution in [0.25, 0.3) is 0 Å². The molecule has 6 heteroatoms. The van der Waals surface area contributed by atoms with Gasteiger partial charge in [-0.3, -0.25) is 20.9 Å². The number of nitrogens with one attached hydrogen (secondary N) is 1. The highest BCUT2D eigenvalue weighted by molar-refractivity contribution is 5.13. The van der Waals surface area contributed by atoms with Crippen molar-refractivity contribution in [3.8, 4) is 0 Å². The van der Waals surface area contributed by atoms with E-state index < -0.39 is 0 Å². The van der Waals surface area contributed by atoms with E-state index in [2.05, 4.69) is 22.3 Å². The molecule has 3 unspecified atom stereocenters. The van der Waals surface area contributed by atoms with Gasteiger partial charge in [-0.1, -0.05) is 0 Å². The maximum absolute atomic E-state index is 6.02. The highest BCUT2D eigenvalue weighted by Crippen LogP contribution is 2.28. The molecule has 0 spiro atoms. The van der Waals surface area contributed by atoms with Crippen LogP contribution in [0, 0.1) is 0 Å². The van der Waals surface area contributed by atoms with Crippen LogP contribution in [0.2, 0.25) is 0 Å². The van der Waals surface area contributed by atoms with Gasteiger partial charge in [0.1, 0.15) is 0 Å². The van der Waals surface area contributed by atoms with E-state index >= 15 is 0 Å². The van der Waals surface area contributed by atoms with Gasteiger partial charge in [-0.15, -0.1) is 0 Å². The number of hydrazine groups is 1. The van der Waals surface area contributed by atoms with Gasteiger partial charge in [0.05, 0.1) is 24.9 Å². The van der Waals surface area contributed by atoms with Gasteiger partial charge in [0.2, 0.25) is 0 Å².